The average molecular weight is 370 g/mol. The van der Waals surface area contributed by atoms with Crippen LogP contribution in [0.25, 0.3) is 0 Å². The van der Waals surface area contributed by atoms with Crippen LogP contribution in [0.15, 0.2) is 0 Å². The van der Waals surface area contributed by atoms with Gasteiger partial charge in [-0.15, -0.1) is 0 Å². The molecule has 2 aliphatic heterocycles. The van der Waals surface area contributed by atoms with Crippen molar-refractivity contribution >= 4 is 13.2 Å². The summed E-state index contributed by atoms with van der Waals surface area (Å²) in [6.07, 6.45) is -0.228. The van der Waals surface area contributed by atoms with E-state index in [1.54, 1.807) is 4.90 Å². The summed E-state index contributed by atoms with van der Waals surface area (Å²) >= 11 is 0. The standard InChI is InChI=1S/C18H35BN2O5/c1-16(2,3)24-15(22)21-10-8-20(9-11-21)12-13-23-14-19-25-17(4,5)18(6,7)26-19/h8-14H2,1-7H3. The van der Waals surface area contributed by atoms with Gasteiger partial charge in [-0.25, -0.2) is 4.79 Å². The van der Waals surface area contributed by atoms with Gasteiger partial charge in [-0.05, 0) is 48.5 Å². The molecule has 26 heavy (non-hydrogen) atoms. The highest BCUT2D eigenvalue weighted by atomic mass is 16.7. The Morgan fingerprint density at radius 1 is 1.04 bits per heavy atom. The van der Waals surface area contributed by atoms with Gasteiger partial charge in [-0.2, -0.15) is 0 Å². The van der Waals surface area contributed by atoms with Crippen molar-refractivity contribution in [2.24, 2.45) is 0 Å². The number of carbonyl (C=O) groups is 1. The quantitative estimate of drug-likeness (QED) is 0.546. The molecule has 8 heteroatoms. The molecule has 0 aliphatic carbocycles. The molecule has 150 valence electrons. The lowest BCUT2D eigenvalue weighted by molar-refractivity contribution is 0.00578. The summed E-state index contributed by atoms with van der Waals surface area (Å²) in [6, 6.07) is 0. The number of hydrogen-bond acceptors (Lipinski definition) is 6. The maximum Gasteiger partial charge on any atom is 0.485 e. The second kappa shape index (κ2) is 8.04. The summed E-state index contributed by atoms with van der Waals surface area (Å²) in [5, 5.41) is 0. The van der Waals surface area contributed by atoms with E-state index in [4.69, 9.17) is 18.8 Å². The minimum absolute atomic E-state index is 0.228. The van der Waals surface area contributed by atoms with Crippen LogP contribution in [0.1, 0.15) is 48.5 Å². The molecule has 0 atom stereocenters. The third-order valence-electron chi connectivity index (χ3n) is 5.13. The SMILES string of the molecule is CC(C)(C)OC(=O)N1CCN(CCOCB2OC(C)(C)C(C)(C)O2)CC1. The Labute approximate surface area is 158 Å². The van der Waals surface area contributed by atoms with Crippen LogP contribution in [0.3, 0.4) is 0 Å². The fraction of sp³-hybridized carbons (Fsp3) is 0.944. The van der Waals surface area contributed by atoms with Crippen LogP contribution in [0.4, 0.5) is 4.79 Å². The summed E-state index contributed by atoms with van der Waals surface area (Å²) in [5.41, 5.74) is -1.09. The van der Waals surface area contributed by atoms with Crippen molar-refractivity contribution < 1.29 is 23.6 Å². The third-order valence-corrected chi connectivity index (χ3v) is 5.13. The van der Waals surface area contributed by atoms with Gasteiger partial charge >= 0.3 is 13.2 Å². The number of piperazine rings is 1. The van der Waals surface area contributed by atoms with E-state index in [0.717, 1.165) is 19.6 Å². The minimum Gasteiger partial charge on any atom is -0.444 e. The molecular weight excluding hydrogens is 335 g/mol. The van der Waals surface area contributed by atoms with E-state index in [1.807, 2.05) is 48.5 Å². The Balaban J connectivity index is 1.60. The van der Waals surface area contributed by atoms with E-state index in [1.165, 1.54) is 0 Å². The van der Waals surface area contributed by atoms with Crippen molar-refractivity contribution in [3.8, 4) is 0 Å². The molecule has 0 aromatic rings. The Bertz CT molecular complexity index is 468. The molecule has 1 amide bonds. The van der Waals surface area contributed by atoms with Gasteiger partial charge in [0.2, 0.25) is 0 Å². The number of amides is 1. The van der Waals surface area contributed by atoms with Crippen molar-refractivity contribution in [2.45, 2.75) is 65.3 Å². The van der Waals surface area contributed by atoms with E-state index >= 15 is 0 Å². The van der Waals surface area contributed by atoms with Crippen LogP contribution in [0.5, 0.6) is 0 Å². The first-order chi connectivity index (χ1) is 11.9. The van der Waals surface area contributed by atoms with E-state index < -0.39 is 5.60 Å². The Morgan fingerprint density at radius 2 is 1.58 bits per heavy atom. The third kappa shape index (κ3) is 5.84. The van der Waals surface area contributed by atoms with E-state index in [2.05, 4.69) is 4.90 Å². The van der Waals surface area contributed by atoms with Gasteiger partial charge in [0.25, 0.3) is 0 Å². The molecule has 0 aromatic heterocycles. The van der Waals surface area contributed by atoms with Crippen molar-refractivity contribution in [3.05, 3.63) is 0 Å². The van der Waals surface area contributed by atoms with Gasteiger partial charge in [-0.1, -0.05) is 0 Å². The van der Waals surface area contributed by atoms with E-state index in [0.29, 0.717) is 26.2 Å². The van der Waals surface area contributed by atoms with Crippen molar-refractivity contribution in [3.63, 3.8) is 0 Å². The first kappa shape index (κ1) is 21.5. The van der Waals surface area contributed by atoms with Crippen molar-refractivity contribution in [1.82, 2.24) is 9.80 Å². The van der Waals surface area contributed by atoms with Gasteiger partial charge in [0, 0.05) is 32.7 Å². The molecule has 0 spiro atoms. The molecule has 0 N–H and O–H groups in total. The molecular formula is C18H35BN2O5. The predicted octanol–water partition coefficient (Wildman–Crippen LogP) is 2.19. The lowest BCUT2D eigenvalue weighted by Gasteiger charge is -2.35. The molecule has 0 aromatic carbocycles. The monoisotopic (exact) mass is 370 g/mol. The zero-order valence-corrected chi connectivity index (χ0v) is 17.5. The van der Waals surface area contributed by atoms with Gasteiger partial charge in [0.15, 0.2) is 0 Å². The molecule has 0 bridgehead atoms. The molecule has 2 rings (SSSR count). The van der Waals surface area contributed by atoms with Crippen molar-refractivity contribution in [2.75, 3.05) is 45.8 Å². The maximum atomic E-state index is 12.1. The fourth-order valence-electron chi connectivity index (χ4n) is 2.89. The fourth-order valence-corrected chi connectivity index (χ4v) is 2.89. The second-order valence-corrected chi connectivity index (χ2v) is 9.07. The molecule has 2 saturated heterocycles. The smallest absolute Gasteiger partial charge is 0.444 e. The van der Waals surface area contributed by atoms with Crippen molar-refractivity contribution in [1.29, 1.82) is 0 Å². The maximum absolute atomic E-state index is 12.1. The molecule has 7 nitrogen and oxygen atoms in total. The number of nitrogens with zero attached hydrogens (tertiary/aromatic N) is 2. The van der Waals surface area contributed by atoms with E-state index in [-0.39, 0.29) is 24.4 Å². The second-order valence-electron chi connectivity index (χ2n) is 9.07. The number of hydrogen-bond donors (Lipinski definition) is 0. The number of ether oxygens (including phenoxy) is 2. The normalized spacial score (nSPS) is 23.3. The first-order valence-electron chi connectivity index (χ1n) is 9.53. The minimum atomic E-state index is -0.449. The lowest BCUT2D eigenvalue weighted by Crippen LogP contribution is -2.50. The lowest BCUT2D eigenvalue weighted by atomic mass is 9.90. The molecule has 0 saturated carbocycles. The Hall–Kier alpha value is -0.825. The Kier molecular flexibility index (Phi) is 6.64. The number of carbonyl (C=O) groups excluding carboxylic acids is 1. The van der Waals surface area contributed by atoms with Gasteiger partial charge in [0.1, 0.15) is 5.60 Å². The van der Waals surface area contributed by atoms with Gasteiger partial charge < -0.3 is 23.7 Å². The molecule has 0 unspecified atom stereocenters. The molecule has 2 heterocycles. The van der Waals surface area contributed by atoms with Crippen LogP contribution < -0.4 is 0 Å². The molecule has 2 aliphatic rings. The van der Waals surface area contributed by atoms with Crippen LogP contribution in [-0.4, -0.2) is 85.7 Å². The molecule has 0 radical (unpaired) electrons. The predicted molar refractivity (Wildman–Crippen MR) is 101 cm³/mol. The zero-order valence-electron chi connectivity index (χ0n) is 17.5. The van der Waals surface area contributed by atoms with Gasteiger partial charge in [0.05, 0.1) is 24.3 Å². The topological polar surface area (TPSA) is 60.5 Å². The average Bonchev–Trinajstić information content (AvgIpc) is 2.70. The highest BCUT2D eigenvalue weighted by Gasteiger charge is 2.51. The Morgan fingerprint density at radius 3 is 2.08 bits per heavy atom. The first-order valence-corrected chi connectivity index (χ1v) is 9.53. The highest BCUT2D eigenvalue weighted by Crippen LogP contribution is 2.36. The highest BCUT2D eigenvalue weighted by molar-refractivity contribution is 6.45. The summed E-state index contributed by atoms with van der Waals surface area (Å²) in [6.45, 7) is 18.7. The zero-order chi connectivity index (χ0) is 19.6. The van der Waals surface area contributed by atoms with Crippen LogP contribution in [0, 0.1) is 0 Å². The summed E-state index contributed by atoms with van der Waals surface area (Å²) in [7, 11) is -0.316. The largest absolute Gasteiger partial charge is 0.485 e. The van der Waals surface area contributed by atoms with E-state index in [9.17, 15) is 4.79 Å². The summed E-state index contributed by atoms with van der Waals surface area (Å²) < 4.78 is 23.0. The number of rotatable bonds is 5. The van der Waals surface area contributed by atoms with Gasteiger partial charge in [-0.3, -0.25) is 4.90 Å². The van der Waals surface area contributed by atoms with Crippen LogP contribution in [0.2, 0.25) is 0 Å². The molecule has 2 fully saturated rings. The summed E-state index contributed by atoms with van der Waals surface area (Å²) in [5.74, 6) is 0. The van der Waals surface area contributed by atoms with Crippen LogP contribution in [-0.2, 0) is 18.8 Å². The summed E-state index contributed by atoms with van der Waals surface area (Å²) in [4.78, 5) is 16.1. The van der Waals surface area contributed by atoms with Crippen LogP contribution >= 0.6 is 0 Å².